The van der Waals surface area contributed by atoms with Crippen LogP contribution in [-0.2, 0) is 4.43 Å². The zero-order valence-corrected chi connectivity index (χ0v) is 3.62. The highest BCUT2D eigenvalue weighted by atomic mass is 28.2. The van der Waals surface area contributed by atoms with Gasteiger partial charge in [0, 0.05) is 7.11 Å². The molecule has 3 N–H and O–H groups in total. The Morgan fingerprint density at radius 1 is 1.75 bits per heavy atom. The molecule has 0 unspecified atom stereocenters. The monoisotopic (exact) mass is 76.0 g/mol. The summed E-state index contributed by atoms with van der Waals surface area (Å²) in [4.78, 5) is 0. The quantitative estimate of drug-likeness (QED) is 0.409. The molecule has 0 aromatic heterocycles. The zero-order chi connectivity index (χ0) is 2.71. The van der Waals surface area contributed by atoms with Crippen molar-refractivity contribution >= 4 is 10.5 Å². The average molecular weight is 76.2 g/mol. The molecule has 0 aliphatic carbocycles. The molecule has 0 heterocycles. The van der Waals surface area contributed by atoms with E-state index in [0.29, 0.717) is 0 Å². The summed E-state index contributed by atoms with van der Waals surface area (Å²) in [6.07, 6.45) is 0. The minimum atomic E-state index is 0. The summed E-state index contributed by atoms with van der Waals surface area (Å²) in [5.41, 5.74) is 0. The van der Waals surface area contributed by atoms with Crippen molar-refractivity contribution in [1.82, 2.24) is 6.15 Å². The van der Waals surface area contributed by atoms with Gasteiger partial charge in [0.05, 0.1) is 0 Å². The van der Waals surface area contributed by atoms with Crippen molar-refractivity contribution in [1.29, 1.82) is 0 Å². The smallest absolute Gasteiger partial charge is 0.245 e. The predicted molar refractivity (Wildman–Crippen MR) is 17.8 cm³/mol. The Balaban J connectivity index is 0. The zero-order valence-electron chi connectivity index (χ0n) is 2.62. The molecule has 3 heteroatoms. The molecule has 4 heavy (non-hydrogen) atoms. The van der Waals surface area contributed by atoms with Crippen molar-refractivity contribution in [2.45, 2.75) is 0 Å². The number of rotatable bonds is 0. The second-order valence-corrected chi connectivity index (χ2v) is 0.612. The predicted octanol–water partition coefficient (Wildman–Crippen LogP) is -0.122. The van der Waals surface area contributed by atoms with Crippen molar-refractivity contribution < 1.29 is 4.43 Å². The Morgan fingerprint density at radius 3 is 1.75 bits per heavy atom. The Labute approximate surface area is 29.3 Å². The third kappa shape index (κ3) is 147. The molecule has 0 aliphatic heterocycles. The van der Waals surface area contributed by atoms with Crippen LogP contribution in [-0.4, -0.2) is 17.6 Å². The van der Waals surface area contributed by atoms with Gasteiger partial charge in [0.15, 0.2) is 0 Å². The second kappa shape index (κ2) is 11.1. The largest absolute Gasteiger partial charge is 0.422 e. The first-order valence-corrected chi connectivity index (χ1v) is 1.02. The summed E-state index contributed by atoms with van der Waals surface area (Å²) in [5, 5.41) is 0. The SMILES string of the molecule is CO[Si].N. The van der Waals surface area contributed by atoms with E-state index in [0.717, 1.165) is 0 Å². The molecule has 0 fully saturated rings. The molecule has 25 valence electrons. The van der Waals surface area contributed by atoms with Crippen LogP contribution >= 0.6 is 0 Å². The lowest BCUT2D eigenvalue weighted by Crippen LogP contribution is -1.60. The minimum Gasteiger partial charge on any atom is -0.422 e. The summed E-state index contributed by atoms with van der Waals surface area (Å²) >= 11 is 0. The van der Waals surface area contributed by atoms with Crippen LogP contribution in [0.2, 0.25) is 0 Å². The van der Waals surface area contributed by atoms with Crippen LogP contribution in [0.15, 0.2) is 0 Å². The number of hydrogen-bond acceptors (Lipinski definition) is 2. The normalized spacial score (nSPS) is 4.50. The van der Waals surface area contributed by atoms with Gasteiger partial charge in [0.2, 0.25) is 10.5 Å². The van der Waals surface area contributed by atoms with Gasteiger partial charge >= 0.3 is 0 Å². The van der Waals surface area contributed by atoms with Gasteiger partial charge in [-0.3, -0.25) is 0 Å². The standard InChI is InChI=1S/CH3OSi.H3N/c1-2-3;/h1H3;1H3. The second-order valence-electron chi connectivity index (χ2n) is 0.204. The fourth-order valence-corrected chi connectivity index (χ4v) is 0. The van der Waals surface area contributed by atoms with Gasteiger partial charge in [-0.15, -0.1) is 0 Å². The fourth-order valence-electron chi connectivity index (χ4n) is 0. The fraction of sp³-hybridized carbons (Fsp3) is 1.00. The van der Waals surface area contributed by atoms with Crippen molar-refractivity contribution in [3.8, 4) is 0 Å². The molecule has 0 aliphatic rings. The van der Waals surface area contributed by atoms with Crippen molar-refractivity contribution in [3.05, 3.63) is 0 Å². The third-order valence-electron chi connectivity index (χ3n) is 0. The molecular formula is CH6NOSi. The minimum absolute atomic E-state index is 0. The van der Waals surface area contributed by atoms with Gasteiger partial charge in [-0.2, -0.15) is 0 Å². The maximum Gasteiger partial charge on any atom is 0.245 e. The van der Waals surface area contributed by atoms with E-state index in [2.05, 4.69) is 14.9 Å². The van der Waals surface area contributed by atoms with Crippen LogP contribution in [0, 0.1) is 0 Å². The van der Waals surface area contributed by atoms with Crippen LogP contribution in [0.1, 0.15) is 0 Å². The molecule has 2 nitrogen and oxygen atoms in total. The highest BCUT2D eigenvalue weighted by Gasteiger charge is 1.30. The molecule has 0 aromatic carbocycles. The van der Waals surface area contributed by atoms with Gasteiger partial charge in [-0.1, -0.05) is 0 Å². The maximum absolute atomic E-state index is 4.06. The molecule has 0 spiro atoms. The summed E-state index contributed by atoms with van der Waals surface area (Å²) in [6, 6.07) is 0. The van der Waals surface area contributed by atoms with Crippen LogP contribution in [0.4, 0.5) is 0 Å². The molecule has 3 radical (unpaired) electrons. The summed E-state index contributed by atoms with van der Waals surface area (Å²) in [6.45, 7) is 0. The first kappa shape index (κ1) is 8.91. The lowest BCUT2D eigenvalue weighted by molar-refractivity contribution is 0.460. The van der Waals surface area contributed by atoms with E-state index in [1.165, 1.54) is 7.11 Å². The Hall–Kier alpha value is 0.137. The van der Waals surface area contributed by atoms with Crippen molar-refractivity contribution in [2.75, 3.05) is 7.11 Å². The molecule has 0 aromatic rings. The van der Waals surface area contributed by atoms with Gasteiger partial charge in [0.1, 0.15) is 0 Å². The van der Waals surface area contributed by atoms with Gasteiger partial charge < -0.3 is 10.6 Å². The van der Waals surface area contributed by atoms with Crippen LogP contribution in [0.25, 0.3) is 0 Å². The summed E-state index contributed by atoms with van der Waals surface area (Å²) < 4.78 is 4.06. The first-order chi connectivity index (χ1) is 1.41. The molecule has 0 saturated heterocycles. The Bertz CT molecular complexity index is 8.00. The van der Waals surface area contributed by atoms with E-state index in [-0.39, 0.29) is 6.15 Å². The van der Waals surface area contributed by atoms with Crippen LogP contribution in [0.3, 0.4) is 0 Å². The topological polar surface area (TPSA) is 44.2 Å². The molecular weight excluding hydrogens is 70.1 g/mol. The highest BCUT2D eigenvalue weighted by Crippen LogP contribution is 1.24. The lowest BCUT2D eigenvalue weighted by atomic mass is 11.8. The highest BCUT2D eigenvalue weighted by molar-refractivity contribution is 5.97. The van der Waals surface area contributed by atoms with Gasteiger partial charge in [0.25, 0.3) is 0 Å². The Kier molecular flexibility index (Phi) is 24.7. The van der Waals surface area contributed by atoms with Crippen molar-refractivity contribution in [3.63, 3.8) is 0 Å². The van der Waals surface area contributed by atoms with Crippen molar-refractivity contribution in [2.24, 2.45) is 0 Å². The van der Waals surface area contributed by atoms with Crippen LogP contribution < -0.4 is 6.15 Å². The molecule has 0 amide bonds. The van der Waals surface area contributed by atoms with Crippen LogP contribution in [0.5, 0.6) is 0 Å². The Morgan fingerprint density at radius 2 is 1.75 bits per heavy atom. The molecule has 0 saturated carbocycles. The summed E-state index contributed by atoms with van der Waals surface area (Å²) in [5.74, 6) is 0. The summed E-state index contributed by atoms with van der Waals surface area (Å²) in [7, 11) is 4.22. The van der Waals surface area contributed by atoms with E-state index >= 15 is 0 Å². The third-order valence-corrected chi connectivity index (χ3v) is 0. The number of hydrogen-bond donors (Lipinski definition) is 1. The molecule has 0 rings (SSSR count). The lowest BCUT2D eigenvalue weighted by Gasteiger charge is -1.59. The first-order valence-electron chi connectivity index (χ1n) is 0.612. The van der Waals surface area contributed by atoms with E-state index in [4.69, 9.17) is 0 Å². The van der Waals surface area contributed by atoms with E-state index in [1.54, 1.807) is 0 Å². The van der Waals surface area contributed by atoms with E-state index in [9.17, 15) is 0 Å². The van der Waals surface area contributed by atoms with E-state index in [1.807, 2.05) is 0 Å². The van der Waals surface area contributed by atoms with Gasteiger partial charge in [-0.05, 0) is 0 Å². The maximum atomic E-state index is 4.06. The average Bonchev–Trinajstić information content (AvgIpc) is 0.918. The van der Waals surface area contributed by atoms with E-state index < -0.39 is 0 Å². The molecule has 0 atom stereocenters. The molecule has 0 bridgehead atoms. The van der Waals surface area contributed by atoms with Gasteiger partial charge in [-0.25, -0.2) is 0 Å².